The maximum Gasteiger partial charge on any atom is 0.573 e. The Morgan fingerprint density at radius 2 is 1.75 bits per heavy atom. The number of aliphatic hydroxyl groups is 1. The summed E-state index contributed by atoms with van der Waals surface area (Å²) in [7, 11) is 0. The third kappa shape index (κ3) is 4.69. The van der Waals surface area contributed by atoms with Crippen molar-refractivity contribution in [1.29, 1.82) is 0 Å². The van der Waals surface area contributed by atoms with Crippen LogP contribution >= 0.6 is 0 Å². The fraction of sp³-hybridized carbons (Fsp3) is 0.240. The quantitative estimate of drug-likeness (QED) is 0.453. The summed E-state index contributed by atoms with van der Waals surface area (Å²) in [4.78, 5) is 25.7. The maximum atomic E-state index is 13.6. The fourth-order valence-electron chi connectivity index (χ4n) is 4.48. The molecule has 2 aromatic carbocycles. The number of aliphatic hydroxyl groups excluding tert-OH is 1. The molecule has 1 saturated heterocycles. The number of halogens is 3. The zero-order valence-electron chi connectivity index (χ0n) is 19.0. The Morgan fingerprint density at radius 1 is 1.03 bits per heavy atom. The summed E-state index contributed by atoms with van der Waals surface area (Å²) in [6.07, 6.45) is 0.218. The molecule has 11 heteroatoms. The van der Waals surface area contributed by atoms with Crippen LogP contribution in [-0.4, -0.2) is 69.1 Å². The lowest BCUT2D eigenvalue weighted by Crippen LogP contribution is -2.56. The van der Waals surface area contributed by atoms with E-state index in [1.165, 1.54) is 24.3 Å². The molecular formula is C25H22F3N5O3. The molecule has 0 unspecified atom stereocenters. The molecule has 0 spiro atoms. The normalized spacial score (nSPS) is 16.4. The van der Waals surface area contributed by atoms with Gasteiger partial charge in [-0.1, -0.05) is 18.2 Å². The molecule has 186 valence electrons. The van der Waals surface area contributed by atoms with E-state index in [-0.39, 0.29) is 24.8 Å². The Morgan fingerprint density at radius 3 is 2.44 bits per heavy atom. The molecule has 1 atom stereocenters. The zero-order valence-corrected chi connectivity index (χ0v) is 19.0. The second-order valence-corrected chi connectivity index (χ2v) is 8.30. The van der Waals surface area contributed by atoms with Crippen LogP contribution in [0, 0.1) is 0 Å². The van der Waals surface area contributed by atoms with E-state index in [1.807, 2.05) is 29.2 Å². The standard InChI is InChI=1S/C25H22F3N5O3/c26-25(27,28)36-19-8-6-17(7-9-19)32-13-12-31(14-18(32)16-34)23(35)21-15-33(24-29-10-3-11-30-24)22-5-2-1-4-20(21)22/h1-11,15,18,34H,12-14,16H2/t18-/m0/s1. The third-order valence-electron chi connectivity index (χ3n) is 6.09. The number of ether oxygens (including phenoxy) is 1. The molecule has 36 heavy (non-hydrogen) atoms. The number of rotatable bonds is 5. The van der Waals surface area contributed by atoms with Crippen molar-refractivity contribution < 1.29 is 27.8 Å². The molecule has 0 radical (unpaired) electrons. The highest BCUT2D eigenvalue weighted by molar-refractivity contribution is 6.07. The van der Waals surface area contributed by atoms with Gasteiger partial charge in [-0.15, -0.1) is 13.2 Å². The van der Waals surface area contributed by atoms with Crippen molar-refractivity contribution in [1.82, 2.24) is 19.4 Å². The summed E-state index contributed by atoms with van der Waals surface area (Å²) < 4.78 is 43.1. The van der Waals surface area contributed by atoms with E-state index in [1.54, 1.807) is 34.1 Å². The monoisotopic (exact) mass is 497 g/mol. The summed E-state index contributed by atoms with van der Waals surface area (Å²) in [5, 5.41) is 10.8. The van der Waals surface area contributed by atoms with Gasteiger partial charge in [-0.05, 0) is 36.4 Å². The van der Waals surface area contributed by atoms with Gasteiger partial charge in [0.25, 0.3) is 5.91 Å². The minimum atomic E-state index is -4.77. The molecule has 1 aliphatic heterocycles. The van der Waals surface area contributed by atoms with E-state index in [2.05, 4.69) is 14.7 Å². The van der Waals surface area contributed by atoms with Gasteiger partial charge in [0.1, 0.15) is 5.75 Å². The molecule has 1 aliphatic rings. The molecule has 3 heterocycles. The highest BCUT2D eigenvalue weighted by Crippen LogP contribution is 2.29. The van der Waals surface area contributed by atoms with Crippen LogP contribution in [0.3, 0.4) is 0 Å². The number of piperazine rings is 1. The van der Waals surface area contributed by atoms with Gasteiger partial charge in [0.15, 0.2) is 0 Å². The predicted octanol–water partition coefficient (Wildman–Crippen LogP) is 3.64. The molecule has 2 aromatic heterocycles. The average Bonchev–Trinajstić information content (AvgIpc) is 3.28. The second kappa shape index (κ2) is 9.50. The largest absolute Gasteiger partial charge is 0.573 e. The number of carbonyl (C=O) groups excluding carboxylic acids is 1. The summed E-state index contributed by atoms with van der Waals surface area (Å²) in [5.74, 6) is -0.0592. The SMILES string of the molecule is O=C(c1cn(-c2ncccn2)c2ccccc12)N1CCN(c2ccc(OC(F)(F)F)cc2)[C@H](CO)C1. The number of amides is 1. The molecule has 0 aliphatic carbocycles. The first-order valence-corrected chi connectivity index (χ1v) is 11.2. The number of hydrogen-bond acceptors (Lipinski definition) is 6. The zero-order chi connectivity index (χ0) is 25.3. The van der Waals surface area contributed by atoms with Gasteiger partial charge in [-0.2, -0.15) is 0 Å². The van der Waals surface area contributed by atoms with Crippen LogP contribution in [0.15, 0.2) is 73.2 Å². The van der Waals surface area contributed by atoms with E-state index in [4.69, 9.17) is 0 Å². The maximum absolute atomic E-state index is 13.6. The lowest BCUT2D eigenvalue weighted by molar-refractivity contribution is -0.274. The number of alkyl halides is 3. The number of benzene rings is 2. The average molecular weight is 497 g/mol. The van der Waals surface area contributed by atoms with Gasteiger partial charge >= 0.3 is 6.36 Å². The molecule has 1 N–H and O–H groups in total. The molecule has 0 bridgehead atoms. The number of para-hydroxylation sites is 1. The molecule has 1 amide bonds. The number of anilines is 1. The van der Waals surface area contributed by atoms with Crippen molar-refractivity contribution in [2.45, 2.75) is 12.4 Å². The van der Waals surface area contributed by atoms with E-state index in [0.29, 0.717) is 30.3 Å². The van der Waals surface area contributed by atoms with Gasteiger partial charge in [-0.25, -0.2) is 9.97 Å². The topological polar surface area (TPSA) is 83.7 Å². The number of hydrogen-bond donors (Lipinski definition) is 1. The van der Waals surface area contributed by atoms with E-state index in [9.17, 15) is 23.1 Å². The summed E-state index contributed by atoms with van der Waals surface area (Å²) in [5.41, 5.74) is 1.93. The van der Waals surface area contributed by atoms with Crippen molar-refractivity contribution in [3.63, 3.8) is 0 Å². The summed E-state index contributed by atoms with van der Waals surface area (Å²) in [6.45, 7) is 0.788. The van der Waals surface area contributed by atoms with Gasteiger partial charge < -0.3 is 19.6 Å². The molecule has 4 aromatic rings. The van der Waals surface area contributed by atoms with Crippen molar-refractivity contribution in [2.24, 2.45) is 0 Å². The van der Waals surface area contributed by atoms with Crippen LogP contribution < -0.4 is 9.64 Å². The molecular weight excluding hydrogens is 475 g/mol. The first kappa shape index (κ1) is 23.6. The molecule has 8 nitrogen and oxygen atoms in total. The highest BCUT2D eigenvalue weighted by Gasteiger charge is 2.33. The summed E-state index contributed by atoms with van der Waals surface area (Å²) in [6, 6.07) is 14.3. The number of aromatic nitrogens is 3. The predicted molar refractivity (Wildman–Crippen MR) is 126 cm³/mol. The van der Waals surface area contributed by atoms with Gasteiger partial charge in [0.05, 0.1) is 23.7 Å². The Labute approximate surface area is 204 Å². The number of fused-ring (bicyclic) bond motifs is 1. The smallest absolute Gasteiger partial charge is 0.406 e. The second-order valence-electron chi connectivity index (χ2n) is 8.30. The van der Waals surface area contributed by atoms with E-state index < -0.39 is 12.4 Å². The first-order chi connectivity index (χ1) is 17.3. The van der Waals surface area contributed by atoms with Crippen molar-refractivity contribution in [2.75, 3.05) is 31.1 Å². The van der Waals surface area contributed by atoms with Crippen LogP contribution in [0.4, 0.5) is 18.9 Å². The highest BCUT2D eigenvalue weighted by atomic mass is 19.4. The Bertz CT molecular complexity index is 1360. The van der Waals surface area contributed by atoms with Gasteiger partial charge in [0, 0.05) is 49.3 Å². The third-order valence-corrected chi connectivity index (χ3v) is 6.09. The van der Waals surface area contributed by atoms with Crippen molar-refractivity contribution in [3.05, 3.63) is 78.8 Å². The fourth-order valence-corrected chi connectivity index (χ4v) is 4.48. The molecule has 0 saturated carbocycles. The minimum absolute atomic E-state index is 0.187. The Hall–Kier alpha value is -4.12. The van der Waals surface area contributed by atoms with Crippen LogP contribution in [-0.2, 0) is 0 Å². The van der Waals surface area contributed by atoms with Crippen LogP contribution in [0.1, 0.15) is 10.4 Å². The lowest BCUT2D eigenvalue weighted by atomic mass is 10.1. The van der Waals surface area contributed by atoms with Crippen LogP contribution in [0.25, 0.3) is 16.9 Å². The summed E-state index contributed by atoms with van der Waals surface area (Å²) >= 11 is 0. The minimum Gasteiger partial charge on any atom is -0.406 e. The number of nitrogens with zero attached hydrogens (tertiary/aromatic N) is 5. The first-order valence-electron chi connectivity index (χ1n) is 11.2. The van der Waals surface area contributed by atoms with Crippen molar-refractivity contribution in [3.8, 4) is 11.7 Å². The van der Waals surface area contributed by atoms with Crippen LogP contribution in [0.5, 0.6) is 5.75 Å². The van der Waals surface area contributed by atoms with Crippen molar-refractivity contribution >= 4 is 22.5 Å². The Balaban J connectivity index is 1.37. The Kier molecular flexibility index (Phi) is 6.23. The molecule has 1 fully saturated rings. The molecule has 5 rings (SSSR count). The number of carbonyl (C=O) groups is 1. The van der Waals surface area contributed by atoms with Crippen LogP contribution in [0.2, 0.25) is 0 Å². The van der Waals surface area contributed by atoms with Gasteiger partial charge in [0.2, 0.25) is 5.95 Å². The van der Waals surface area contributed by atoms with E-state index in [0.717, 1.165) is 10.9 Å². The lowest BCUT2D eigenvalue weighted by Gasteiger charge is -2.42. The van der Waals surface area contributed by atoms with Gasteiger partial charge in [-0.3, -0.25) is 9.36 Å². The van der Waals surface area contributed by atoms with E-state index >= 15 is 0 Å².